The van der Waals surface area contributed by atoms with E-state index in [0.717, 1.165) is 0 Å². The summed E-state index contributed by atoms with van der Waals surface area (Å²) >= 11 is 0. The minimum absolute atomic E-state index is 0. The highest BCUT2D eigenvalue weighted by Crippen LogP contribution is 2.00. The Morgan fingerprint density at radius 3 is 0.684 bits per heavy atom. The van der Waals surface area contributed by atoms with E-state index in [4.69, 9.17) is 0 Å². The molecule has 128 valence electrons. The highest BCUT2D eigenvalue weighted by molar-refractivity contribution is 4.35. The summed E-state index contributed by atoms with van der Waals surface area (Å²) in [4.78, 5) is 0. The molecule has 0 heteroatoms. The zero-order chi connectivity index (χ0) is 14.9. The quantitative estimate of drug-likeness (QED) is 0.450. The molecule has 0 aliphatic rings. The minimum Gasteiger partial charge on any atom is -0.0776 e. The second kappa shape index (κ2) is 106. The Balaban J connectivity index is -0.0000000208. The predicted octanol–water partition coefficient (Wildman–Crippen LogP) is 9.13. The van der Waals surface area contributed by atoms with Gasteiger partial charge in [-0.1, -0.05) is 129 Å². The van der Waals surface area contributed by atoms with E-state index in [2.05, 4.69) is 41.5 Å². The summed E-state index contributed by atoms with van der Waals surface area (Å²) in [5.74, 6) is 0. The van der Waals surface area contributed by atoms with E-state index in [1.54, 1.807) is 0 Å². The van der Waals surface area contributed by atoms with Crippen LogP contribution in [0.5, 0.6) is 0 Å². The van der Waals surface area contributed by atoms with Crippen molar-refractivity contribution >= 4 is 0 Å². The van der Waals surface area contributed by atoms with Crippen molar-refractivity contribution in [3.05, 3.63) is 0 Å². The summed E-state index contributed by atoms with van der Waals surface area (Å²) in [6, 6.07) is 0. The first-order chi connectivity index (χ1) is 8.24. The molecule has 0 nitrogen and oxygen atoms in total. The topological polar surface area (TPSA) is 0 Å². The average Bonchev–Trinajstić information content (AvgIpc) is 2.37. The van der Waals surface area contributed by atoms with Crippen molar-refractivity contribution in [1.29, 1.82) is 0 Å². The first kappa shape index (κ1) is 42.8. The number of hydrogen-bond acceptors (Lipinski definition) is 0. The van der Waals surface area contributed by atoms with Crippen molar-refractivity contribution in [1.82, 2.24) is 0 Å². The molecule has 0 aliphatic heterocycles. The molecule has 0 saturated carbocycles. The minimum atomic E-state index is 0. The molecule has 0 heterocycles. The van der Waals surface area contributed by atoms with Crippen LogP contribution >= 0.6 is 0 Å². The summed E-state index contributed by atoms with van der Waals surface area (Å²) in [6.07, 6.45) is 9.51. The maximum absolute atomic E-state index is 2.25. The molecule has 0 unspecified atom stereocenters. The molecule has 0 aromatic heterocycles. The first-order valence-corrected chi connectivity index (χ1v) is 8.24. The lowest BCUT2D eigenvalue weighted by Crippen LogP contribution is -1.70. The van der Waals surface area contributed by atoms with Crippen LogP contribution in [0, 0.1) is 0 Å². The highest BCUT2D eigenvalue weighted by Gasteiger charge is 1.80. The molecular weight excluding hydrogens is 228 g/mol. The molecule has 0 atom stereocenters. The number of hydrogen-bond donors (Lipinski definition) is 0. The zero-order valence-corrected chi connectivity index (χ0v) is 14.9. The van der Waals surface area contributed by atoms with Gasteiger partial charge in [-0.2, -0.15) is 0 Å². The lowest BCUT2D eigenvalue weighted by atomic mass is 10.2. The van der Waals surface area contributed by atoms with Crippen molar-refractivity contribution in [2.24, 2.45) is 0 Å². The van der Waals surface area contributed by atoms with Crippen molar-refractivity contribution in [3.8, 4) is 0 Å². The van der Waals surface area contributed by atoms with Crippen molar-refractivity contribution in [3.63, 3.8) is 0 Å². The molecule has 19 heavy (non-hydrogen) atoms. The summed E-state index contributed by atoms with van der Waals surface area (Å²) in [6.45, 7) is 21.0. The van der Waals surface area contributed by atoms with Gasteiger partial charge in [-0.15, -0.1) is 0 Å². The third-order valence-corrected chi connectivity index (χ3v) is 1.21. The van der Waals surface area contributed by atoms with E-state index >= 15 is 0 Å². The first-order valence-electron chi connectivity index (χ1n) is 8.24. The van der Waals surface area contributed by atoms with Gasteiger partial charge < -0.3 is 0 Å². The summed E-state index contributed by atoms with van der Waals surface area (Å²) in [5, 5.41) is 0. The van der Waals surface area contributed by atoms with Gasteiger partial charge in [0.1, 0.15) is 0 Å². The van der Waals surface area contributed by atoms with Crippen LogP contribution in [0.1, 0.15) is 129 Å². The SMILES string of the molecule is C.C.CC.CC.CCC.CCC.CCCCCCC. The molecule has 0 rings (SSSR count). The monoisotopic (exact) mass is 280 g/mol. The Kier molecular flexibility index (Phi) is 239. The molecule has 0 aromatic rings. The molecule has 0 aliphatic carbocycles. The van der Waals surface area contributed by atoms with Crippen LogP contribution in [-0.4, -0.2) is 0 Å². The fourth-order valence-electron chi connectivity index (χ4n) is 0.677. The van der Waals surface area contributed by atoms with Gasteiger partial charge >= 0.3 is 0 Å². The normalized spacial score (nSPS) is 6.00. The average molecular weight is 281 g/mol. The van der Waals surface area contributed by atoms with Crippen LogP contribution in [0.25, 0.3) is 0 Å². The molecule has 0 amide bonds. The summed E-state index contributed by atoms with van der Waals surface area (Å²) in [7, 11) is 0. The lowest BCUT2D eigenvalue weighted by Gasteiger charge is -1.90. The van der Waals surface area contributed by atoms with Gasteiger partial charge in [0, 0.05) is 0 Å². The molecular formula is C19H52. The molecule has 0 spiro atoms. The van der Waals surface area contributed by atoms with Gasteiger partial charge in [0.05, 0.1) is 0 Å². The van der Waals surface area contributed by atoms with E-state index in [1.807, 2.05) is 27.7 Å². The van der Waals surface area contributed by atoms with E-state index < -0.39 is 0 Å². The molecule has 0 bridgehead atoms. The Bertz CT molecular complexity index is 33.3. The fourth-order valence-corrected chi connectivity index (χ4v) is 0.677. The van der Waals surface area contributed by atoms with Gasteiger partial charge in [-0.25, -0.2) is 0 Å². The van der Waals surface area contributed by atoms with E-state index in [1.165, 1.54) is 44.9 Å². The Morgan fingerprint density at radius 1 is 0.421 bits per heavy atom. The smallest absolute Gasteiger partial charge is 0.0533 e. The molecule has 0 saturated heterocycles. The van der Waals surface area contributed by atoms with Crippen LogP contribution in [-0.2, 0) is 0 Å². The highest BCUT2D eigenvalue weighted by atomic mass is 13.9. The largest absolute Gasteiger partial charge is 0.0776 e. The Morgan fingerprint density at radius 2 is 0.579 bits per heavy atom. The second-order valence-electron chi connectivity index (χ2n) is 3.47. The molecule has 0 fully saturated rings. The van der Waals surface area contributed by atoms with E-state index in [0.29, 0.717) is 0 Å². The van der Waals surface area contributed by atoms with Crippen molar-refractivity contribution in [2.75, 3.05) is 0 Å². The van der Waals surface area contributed by atoms with E-state index in [-0.39, 0.29) is 14.9 Å². The van der Waals surface area contributed by atoms with Crippen molar-refractivity contribution < 1.29 is 0 Å². The van der Waals surface area contributed by atoms with Gasteiger partial charge in [0.2, 0.25) is 0 Å². The lowest BCUT2D eigenvalue weighted by molar-refractivity contribution is 0.656. The number of rotatable bonds is 4. The Labute approximate surface area is 129 Å². The maximum Gasteiger partial charge on any atom is -0.0533 e. The van der Waals surface area contributed by atoms with Crippen LogP contribution in [0.3, 0.4) is 0 Å². The third kappa shape index (κ3) is 288. The van der Waals surface area contributed by atoms with E-state index in [9.17, 15) is 0 Å². The summed E-state index contributed by atoms with van der Waals surface area (Å²) in [5.41, 5.74) is 0. The molecule has 0 radical (unpaired) electrons. The molecule has 0 aromatic carbocycles. The van der Waals surface area contributed by atoms with Gasteiger partial charge in [0.25, 0.3) is 0 Å². The maximum atomic E-state index is 2.25. The summed E-state index contributed by atoms with van der Waals surface area (Å²) < 4.78 is 0. The molecule has 0 N–H and O–H groups in total. The van der Waals surface area contributed by atoms with Crippen LogP contribution < -0.4 is 0 Å². The zero-order valence-electron chi connectivity index (χ0n) is 14.9. The van der Waals surface area contributed by atoms with Gasteiger partial charge in [0.15, 0.2) is 0 Å². The van der Waals surface area contributed by atoms with Crippen molar-refractivity contribution in [2.45, 2.75) is 129 Å². The van der Waals surface area contributed by atoms with Gasteiger partial charge in [-0.3, -0.25) is 0 Å². The predicted molar refractivity (Wildman–Crippen MR) is 103 cm³/mol. The second-order valence-corrected chi connectivity index (χ2v) is 3.47. The standard InChI is InChI=1S/C7H16.2C3H8.2C2H6.2CH4/c1-3-5-7-6-4-2;2*1-3-2;2*1-2;;/h3-7H2,1-2H3;2*3H2,1-2H3;2*1-2H3;2*1H4. The van der Waals surface area contributed by atoms with Crippen LogP contribution in [0.15, 0.2) is 0 Å². The number of unbranched alkanes of at least 4 members (excludes halogenated alkanes) is 4. The third-order valence-electron chi connectivity index (χ3n) is 1.21. The van der Waals surface area contributed by atoms with Crippen LogP contribution in [0.4, 0.5) is 0 Å². The Hall–Kier alpha value is 0. The van der Waals surface area contributed by atoms with Gasteiger partial charge in [-0.05, 0) is 0 Å². The van der Waals surface area contributed by atoms with Crippen LogP contribution in [0.2, 0.25) is 0 Å². The fraction of sp³-hybridized carbons (Fsp3) is 1.00.